The first-order valence-electron chi connectivity index (χ1n) is 7.53. The van der Waals surface area contributed by atoms with E-state index in [0.29, 0.717) is 0 Å². The molecule has 0 heterocycles. The lowest BCUT2D eigenvalue weighted by Crippen LogP contribution is -2.24. The number of nitrogens with one attached hydrogen (secondary N) is 1. The first-order valence-corrected chi connectivity index (χ1v) is 8.32. The van der Waals surface area contributed by atoms with Crippen LogP contribution in [0.25, 0.3) is 0 Å². The summed E-state index contributed by atoms with van der Waals surface area (Å²) in [6, 6.07) is 8.21. The Labute approximate surface area is 130 Å². The molecule has 1 aromatic carbocycles. The lowest BCUT2D eigenvalue weighted by molar-refractivity contribution is -0.120. The molecule has 2 nitrogen and oxygen atoms in total. The minimum Gasteiger partial charge on any atom is -0.326 e. The number of hydrogen-bond donors (Lipinski definition) is 1. The van der Waals surface area contributed by atoms with Crippen LogP contribution in [-0.2, 0) is 11.2 Å². The standard InChI is InChI=1S/C17H24BrNO/c1-17(2,18)12-13-8-10-15(11-9-13)19-16(20)14-6-4-3-5-7-14/h8-11,14H,3-7,12H2,1-2H3,(H,19,20). The third kappa shape index (κ3) is 4.93. The fraction of sp³-hybridized carbons (Fsp3) is 0.588. The van der Waals surface area contributed by atoms with Gasteiger partial charge in [0.1, 0.15) is 0 Å². The van der Waals surface area contributed by atoms with Crippen molar-refractivity contribution in [3.8, 4) is 0 Å². The molecule has 1 amide bonds. The van der Waals surface area contributed by atoms with Gasteiger partial charge in [0.15, 0.2) is 0 Å². The summed E-state index contributed by atoms with van der Waals surface area (Å²) in [7, 11) is 0. The first kappa shape index (κ1) is 15.6. The van der Waals surface area contributed by atoms with E-state index in [1.54, 1.807) is 0 Å². The summed E-state index contributed by atoms with van der Waals surface area (Å²) in [6.07, 6.45) is 6.72. The average Bonchev–Trinajstić information content (AvgIpc) is 2.40. The minimum absolute atomic E-state index is 0.111. The third-order valence-corrected chi connectivity index (χ3v) is 4.10. The molecule has 1 fully saturated rings. The zero-order valence-electron chi connectivity index (χ0n) is 12.4. The quantitative estimate of drug-likeness (QED) is 0.776. The Morgan fingerprint density at radius 3 is 2.35 bits per heavy atom. The molecule has 0 atom stereocenters. The molecule has 0 spiro atoms. The third-order valence-electron chi connectivity index (χ3n) is 3.82. The van der Waals surface area contributed by atoms with Gasteiger partial charge in [-0.2, -0.15) is 0 Å². The molecule has 20 heavy (non-hydrogen) atoms. The number of carbonyl (C=O) groups excluding carboxylic acids is 1. The van der Waals surface area contributed by atoms with Gasteiger partial charge in [-0.3, -0.25) is 4.79 Å². The van der Waals surface area contributed by atoms with Gasteiger partial charge < -0.3 is 5.32 Å². The average molecular weight is 338 g/mol. The molecule has 2 rings (SSSR count). The van der Waals surface area contributed by atoms with Gasteiger partial charge in [0.2, 0.25) is 5.91 Å². The second-order valence-corrected chi connectivity index (χ2v) is 8.56. The van der Waals surface area contributed by atoms with Crippen LogP contribution in [0.1, 0.15) is 51.5 Å². The van der Waals surface area contributed by atoms with Crippen molar-refractivity contribution in [2.24, 2.45) is 5.92 Å². The number of carbonyl (C=O) groups is 1. The summed E-state index contributed by atoms with van der Waals surface area (Å²) in [5, 5.41) is 3.05. The van der Waals surface area contributed by atoms with E-state index in [2.05, 4.69) is 47.2 Å². The molecule has 1 aliphatic carbocycles. The first-order chi connectivity index (χ1) is 9.44. The van der Waals surface area contributed by atoms with Crippen molar-refractivity contribution in [3.63, 3.8) is 0 Å². The van der Waals surface area contributed by atoms with Crippen molar-refractivity contribution < 1.29 is 4.79 Å². The molecule has 0 bridgehead atoms. The molecule has 0 aromatic heterocycles. The van der Waals surface area contributed by atoms with Gasteiger partial charge in [0.25, 0.3) is 0 Å². The minimum atomic E-state index is 0.111. The van der Waals surface area contributed by atoms with Gasteiger partial charge in [-0.25, -0.2) is 0 Å². The van der Waals surface area contributed by atoms with Crippen molar-refractivity contribution in [1.29, 1.82) is 0 Å². The molecular weight excluding hydrogens is 314 g/mol. The number of rotatable bonds is 4. The highest BCUT2D eigenvalue weighted by atomic mass is 79.9. The van der Waals surface area contributed by atoms with Crippen molar-refractivity contribution in [2.45, 2.75) is 56.7 Å². The van der Waals surface area contributed by atoms with Gasteiger partial charge in [0, 0.05) is 15.9 Å². The molecular formula is C17H24BrNO. The predicted molar refractivity (Wildman–Crippen MR) is 88.4 cm³/mol. The van der Waals surface area contributed by atoms with E-state index in [-0.39, 0.29) is 16.1 Å². The summed E-state index contributed by atoms with van der Waals surface area (Å²) < 4.78 is 0.111. The number of halogens is 1. The van der Waals surface area contributed by atoms with E-state index >= 15 is 0 Å². The van der Waals surface area contributed by atoms with Crippen LogP contribution in [0.2, 0.25) is 0 Å². The van der Waals surface area contributed by atoms with Gasteiger partial charge in [0.05, 0.1) is 0 Å². The number of alkyl halides is 1. The van der Waals surface area contributed by atoms with Gasteiger partial charge in [-0.15, -0.1) is 0 Å². The van der Waals surface area contributed by atoms with Crippen molar-refractivity contribution >= 4 is 27.5 Å². The smallest absolute Gasteiger partial charge is 0.227 e. The Kier molecular flexibility index (Phi) is 5.25. The molecule has 1 aliphatic rings. The zero-order chi connectivity index (χ0) is 14.6. The summed E-state index contributed by atoms with van der Waals surface area (Å²) in [5.41, 5.74) is 2.19. The van der Waals surface area contributed by atoms with Gasteiger partial charge in [-0.05, 0) is 50.8 Å². The largest absolute Gasteiger partial charge is 0.326 e. The van der Waals surface area contributed by atoms with Crippen LogP contribution in [-0.4, -0.2) is 10.2 Å². The Morgan fingerprint density at radius 2 is 1.80 bits per heavy atom. The molecule has 0 unspecified atom stereocenters. The highest BCUT2D eigenvalue weighted by molar-refractivity contribution is 9.10. The normalized spacial score (nSPS) is 16.9. The molecule has 1 aromatic rings. The fourth-order valence-corrected chi connectivity index (χ4v) is 3.12. The van der Waals surface area contributed by atoms with Crippen LogP contribution < -0.4 is 5.32 Å². The highest BCUT2D eigenvalue weighted by Gasteiger charge is 2.21. The zero-order valence-corrected chi connectivity index (χ0v) is 14.0. The summed E-state index contributed by atoms with van der Waals surface area (Å²) >= 11 is 3.66. The number of benzene rings is 1. The maximum Gasteiger partial charge on any atom is 0.227 e. The van der Waals surface area contributed by atoms with E-state index in [1.807, 2.05) is 12.1 Å². The van der Waals surface area contributed by atoms with E-state index < -0.39 is 0 Å². The lowest BCUT2D eigenvalue weighted by Gasteiger charge is -2.21. The van der Waals surface area contributed by atoms with Crippen molar-refractivity contribution in [2.75, 3.05) is 5.32 Å². The fourth-order valence-electron chi connectivity index (χ4n) is 2.80. The number of anilines is 1. The Bertz CT molecular complexity index is 441. The molecule has 3 heteroatoms. The van der Waals surface area contributed by atoms with Crippen LogP contribution in [0.15, 0.2) is 24.3 Å². The Morgan fingerprint density at radius 1 is 1.20 bits per heavy atom. The molecule has 1 saturated carbocycles. The van der Waals surface area contributed by atoms with Crippen LogP contribution >= 0.6 is 15.9 Å². The van der Waals surface area contributed by atoms with Crippen LogP contribution in [0.5, 0.6) is 0 Å². The second kappa shape index (κ2) is 6.75. The molecule has 0 radical (unpaired) electrons. The molecule has 1 N–H and O–H groups in total. The van der Waals surface area contributed by atoms with Crippen LogP contribution in [0, 0.1) is 5.92 Å². The summed E-state index contributed by atoms with van der Waals surface area (Å²) in [4.78, 5) is 12.2. The molecule has 0 saturated heterocycles. The number of amides is 1. The SMILES string of the molecule is CC(C)(Br)Cc1ccc(NC(=O)C2CCCCC2)cc1. The molecule has 0 aliphatic heterocycles. The van der Waals surface area contributed by atoms with E-state index in [0.717, 1.165) is 24.9 Å². The van der Waals surface area contributed by atoms with Crippen LogP contribution in [0.4, 0.5) is 5.69 Å². The van der Waals surface area contributed by atoms with E-state index in [9.17, 15) is 4.79 Å². The van der Waals surface area contributed by atoms with Gasteiger partial charge >= 0.3 is 0 Å². The second-order valence-electron chi connectivity index (χ2n) is 6.42. The maximum absolute atomic E-state index is 12.2. The number of hydrogen-bond acceptors (Lipinski definition) is 1. The summed E-state index contributed by atoms with van der Waals surface area (Å²) in [6.45, 7) is 4.32. The molecule has 110 valence electrons. The Hall–Kier alpha value is -0.830. The Balaban J connectivity index is 1.91. The highest BCUT2D eigenvalue weighted by Crippen LogP contribution is 2.26. The predicted octanol–water partition coefficient (Wildman–Crippen LogP) is 4.92. The van der Waals surface area contributed by atoms with Crippen molar-refractivity contribution in [3.05, 3.63) is 29.8 Å². The maximum atomic E-state index is 12.2. The summed E-state index contributed by atoms with van der Waals surface area (Å²) in [5.74, 6) is 0.406. The topological polar surface area (TPSA) is 29.1 Å². The van der Waals surface area contributed by atoms with Crippen molar-refractivity contribution in [1.82, 2.24) is 0 Å². The van der Waals surface area contributed by atoms with E-state index in [4.69, 9.17) is 0 Å². The van der Waals surface area contributed by atoms with Gasteiger partial charge in [-0.1, -0.05) is 47.3 Å². The lowest BCUT2D eigenvalue weighted by atomic mass is 9.88. The van der Waals surface area contributed by atoms with Crippen LogP contribution in [0.3, 0.4) is 0 Å². The monoisotopic (exact) mass is 337 g/mol. The van der Waals surface area contributed by atoms with E-state index in [1.165, 1.54) is 24.8 Å².